The molecule has 0 fully saturated rings. The molecular formula is C26H26NO8P. The van der Waals surface area contributed by atoms with E-state index in [2.05, 4.69) is 5.32 Å². The summed E-state index contributed by atoms with van der Waals surface area (Å²) in [5, 5.41) is 11.8. The van der Waals surface area contributed by atoms with Crippen LogP contribution in [0.2, 0.25) is 0 Å². The first-order chi connectivity index (χ1) is 17.2. The SMILES string of the molecule is C[C@H](OP(=O)(O)OCc1ccccc1)[C@@H](NC(=O)OCC1c2ccccc2-c2ccccc21)C(=O)O. The number of carboxylic acids is 1. The number of ether oxygens (including phenoxy) is 1. The van der Waals surface area contributed by atoms with E-state index in [0.717, 1.165) is 22.3 Å². The van der Waals surface area contributed by atoms with Gasteiger partial charge in [-0.1, -0.05) is 78.9 Å². The molecule has 0 radical (unpaired) electrons. The van der Waals surface area contributed by atoms with Crippen LogP contribution in [0.5, 0.6) is 0 Å². The largest absolute Gasteiger partial charge is 0.480 e. The van der Waals surface area contributed by atoms with Crippen LogP contribution >= 0.6 is 7.82 Å². The van der Waals surface area contributed by atoms with Gasteiger partial charge in [-0.25, -0.2) is 14.2 Å². The lowest BCUT2D eigenvalue weighted by Crippen LogP contribution is -2.48. The van der Waals surface area contributed by atoms with Gasteiger partial charge in [0.15, 0.2) is 6.04 Å². The number of fused-ring (bicyclic) bond motifs is 3. The summed E-state index contributed by atoms with van der Waals surface area (Å²) < 4.78 is 27.6. The summed E-state index contributed by atoms with van der Waals surface area (Å²) in [6, 6.07) is 22.6. The molecule has 0 heterocycles. The van der Waals surface area contributed by atoms with Crippen molar-refractivity contribution < 1.29 is 37.9 Å². The van der Waals surface area contributed by atoms with Crippen molar-refractivity contribution in [2.24, 2.45) is 0 Å². The molecule has 0 aromatic heterocycles. The Labute approximate surface area is 208 Å². The second kappa shape index (κ2) is 11.1. The van der Waals surface area contributed by atoms with E-state index in [1.165, 1.54) is 6.92 Å². The average Bonchev–Trinajstić information content (AvgIpc) is 3.18. The molecule has 4 rings (SSSR count). The fourth-order valence-electron chi connectivity index (χ4n) is 4.18. The van der Waals surface area contributed by atoms with Crippen molar-refractivity contribution in [3.8, 4) is 11.1 Å². The van der Waals surface area contributed by atoms with Crippen LogP contribution in [0, 0.1) is 0 Å². The van der Waals surface area contributed by atoms with E-state index in [1.54, 1.807) is 30.3 Å². The van der Waals surface area contributed by atoms with Crippen molar-refractivity contribution >= 4 is 19.9 Å². The third-order valence-electron chi connectivity index (χ3n) is 5.89. The molecule has 3 aromatic carbocycles. The Hall–Kier alpha value is -3.49. The zero-order valence-corrected chi connectivity index (χ0v) is 20.3. The molecule has 1 amide bonds. The van der Waals surface area contributed by atoms with Crippen molar-refractivity contribution in [3.63, 3.8) is 0 Å². The minimum Gasteiger partial charge on any atom is -0.480 e. The highest BCUT2D eigenvalue weighted by Gasteiger charge is 2.35. The molecule has 3 aromatic rings. The molecular weight excluding hydrogens is 485 g/mol. The minimum absolute atomic E-state index is 0.0138. The predicted octanol–water partition coefficient (Wildman–Crippen LogP) is 4.70. The lowest BCUT2D eigenvalue weighted by atomic mass is 9.98. The van der Waals surface area contributed by atoms with Gasteiger partial charge in [0.2, 0.25) is 0 Å². The topological polar surface area (TPSA) is 131 Å². The molecule has 1 aliphatic carbocycles. The highest BCUT2D eigenvalue weighted by atomic mass is 31.2. The number of rotatable bonds is 10. The molecule has 0 spiro atoms. The van der Waals surface area contributed by atoms with Crippen LogP contribution in [0.3, 0.4) is 0 Å². The van der Waals surface area contributed by atoms with Gasteiger partial charge in [0.25, 0.3) is 0 Å². The number of alkyl carbamates (subject to hydrolysis) is 1. The van der Waals surface area contributed by atoms with Crippen LogP contribution < -0.4 is 5.32 Å². The Balaban J connectivity index is 1.35. The Morgan fingerprint density at radius 2 is 1.50 bits per heavy atom. The Kier molecular flexibility index (Phi) is 7.86. The van der Waals surface area contributed by atoms with E-state index < -0.39 is 32.0 Å². The lowest BCUT2D eigenvalue weighted by molar-refractivity contribution is -0.141. The van der Waals surface area contributed by atoms with Crippen LogP contribution in [0.25, 0.3) is 11.1 Å². The smallest absolute Gasteiger partial charge is 0.472 e. The fraction of sp³-hybridized carbons (Fsp3) is 0.231. The first-order valence-corrected chi connectivity index (χ1v) is 12.8. The number of hydrogen-bond donors (Lipinski definition) is 3. The zero-order valence-electron chi connectivity index (χ0n) is 19.4. The fourth-order valence-corrected chi connectivity index (χ4v) is 5.09. The number of amides is 1. The van der Waals surface area contributed by atoms with Gasteiger partial charge in [-0.2, -0.15) is 0 Å². The molecule has 0 aliphatic heterocycles. The maximum absolute atomic E-state index is 12.5. The van der Waals surface area contributed by atoms with Crippen LogP contribution in [0.1, 0.15) is 29.5 Å². The Morgan fingerprint density at radius 1 is 0.944 bits per heavy atom. The van der Waals surface area contributed by atoms with E-state index in [0.29, 0.717) is 5.56 Å². The molecule has 1 unspecified atom stereocenters. The number of phosphoric acid groups is 1. The van der Waals surface area contributed by atoms with Gasteiger partial charge in [-0.05, 0) is 34.7 Å². The highest BCUT2D eigenvalue weighted by Crippen LogP contribution is 2.46. The van der Waals surface area contributed by atoms with Crippen molar-refractivity contribution in [2.45, 2.75) is 31.6 Å². The van der Waals surface area contributed by atoms with Crippen LogP contribution in [0.15, 0.2) is 78.9 Å². The zero-order chi connectivity index (χ0) is 25.7. The van der Waals surface area contributed by atoms with Crippen molar-refractivity contribution in [2.75, 3.05) is 6.61 Å². The number of hydrogen-bond acceptors (Lipinski definition) is 6. The van der Waals surface area contributed by atoms with Crippen molar-refractivity contribution in [1.29, 1.82) is 0 Å². The minimum atomic E-state index is -4.61. The van der Waals surface area contributed by atoms with Crippen molar-refractivity contribution in [1.82, 2.24) is 5.32 Å². The number of aliphatic carboxylic acids is 1. The molecule has 3 N–H and O–H groups in total. The first kappa shape index (κ1) is 25.6. The third-order valence-corrected chi connectivity index (χ3v) is 6.94. The number of carbonyl (C=O) groups excluding carboxylic acids is 1. The normalized spacial score (nSPS) is 15.7. The number of benzene rings is 3. The maximum atomic E-state index is 12.5. The number of carboxylic acid groups (broad SMARTS) is 1. The van der Waals surface area contributed by atoms with E-state index in [4.69, 9.17) is 13.8 Å². The molecule has 9 nitrogen and oxygen atoms in total. The third kappa shape index (κ3) is 6.01. The molecule has 0 bridgehead atoms. The summed E-state index contributed by atoms with van der Waals surface area (Å²) in [5.74, 6) is -1.66. The summed E-state index contributed by atoms with van der Waals surface area (Å²) in [4.78, 5) is 34.3. The number of carbonyl (C=O) groups is 2. The summed E-state index contributed by atoms with van der Waals surface area (Å²) in [6.07, 6.45) is -2.38. The van der Waals surface area contributed by atoms with Gasteiger partial charge in [0.05, 0.1) is 12.7 Å². The summed E-state index contributed by atoms with van der Waals surface area (Å²) >= 11 is 0. The molecule has 10 heteroatoms. The number of phosphoric ester groups is 1. The quantitative estimate of drug-likeness (QED) is 0.334. The molecule has 36 heavy (non-hydrogen) atoms. The second-order valence-electron chi connectivity index (χ2n) is 8.32. The van der Waals surface area contributed by atoms with Crippen LogP contribution in [-0.2, 0) is 29.8 Å². The molecule has 188 valence electrons. The average molecular weight is 511 g/mol. The van der Waals surface area contributed by atoms with Crippen LogP contribution in [0.4, 0.5) is 4.79 Å². The monoisotopic (exact) mass is 511 g/mol. The van der Waals surface area contributed by atoms with Gasteiger partial charge in [0, 0.05) is 5.92 Å². The maximum Gasteiger partial charge on any atom is 0.472 e. The van der Waals surface area contributed by atoms with Gasteiger partial charge in [-0.3, -0.25) is 9.05 Å². The summed E-state index contributed by atoms with van der Waals surface area (Å²) in [7, 11) is -4.61. The Bertz CT molecular complexity index is 1240. The molecule has 1 aliphatic rings. The van der Waals surface area contributed by atoms with Gasteiger partial charge in [-0.15, -0.1) is 0 Å². The Morgan fingerprint density at radius 3 is 2.08 bits per heavy atom. The van der Waals surface area contributed by atoms with E-state index >= 15 is 0 Å². The lowest BCUT2D eigenvalue weighted by Gasteiger charge is -2.24. The van der Waals surface area contributed by atoms with Crippen molar-refractivity contribution in [3.05, 3.63) is 95.6 Å². The summed E-state index contributed by atoms with van der Waals surface area (Å²) in [5.41, 5.74) is 4.77. The molecule has 0 saturated carbocycles. The summed E-state index contributed by atoms with van der Waals surface area (Å²) in [6.45, 7) is 1.02. The van der Waals surface area contributed by atoms with E-state index in [1.807, 2.05) is 48.5 Å². The first-order valence-electron chi connectivity index (χ1n) is 11.3. The number of nitrogens with one attached hydrogen (secondary N) is 1. The van der Waals surface area contributed by atoms with Crippen LogP contribution in [-0.4, -0.2) is 40.8 Å². The predicted molar refractivity (Wildman–Crippen MR) is 131 cm³/mol. The van der Waals surface area contributed by atoms with E-state index in [9.17, 15) is 24.2 Å². The van der Waals surface area contributed by atoms with Gasteiger partial charge >= 0.3 is 19.9 Å². The second-order valence-corrected chi connectivity index (χ2v) is 9.73. The van der Waals surface area contributed by atoms with E-state index in [-0.39, 0.29) is 19.1 Å². The standard InChI is InChI=1S/C26H26NO8P/c1-17(35-36(31,32)34-15-18-9-3-2-4-10-18)24(25(28)29)27-26(30)33-16-23-21-13-7-5-11-19(21)20-12-6-8-14-22(20)23/h2-14,17,23-24H,15-16H2,1H3,(H,27,30)(H,28,29)(H,31,32)/t17-,24+/m0/s1. The molecule has 0 saturated heterocycles. The van der Waals surface area contributed by atoms with Gasteiger partial charge in [0.1, 0.15) is 6.61 Å². The van der Waals surface area contributed by atoms with Gasteiger partial charge < -0.3 is 20.1 Å². The molecule has 3 atom stereocenters. The highest BCUT2D eigenvalue weighted by molar-refractivity contribution is 7.47.